The van der Waals surface area contributed by atoms with Crippen molar-refractivity contribution in [2.75, 3.05) is 0 Å². The molecule has 0 amide bonds. The molecule has 0 aromatic heterocycles. The molecule has 0 unspecified atom stereocenters. The highest BCUT2D eigenvalue weighted by Gasteiger charge is 1.82. The lowest BCUT2D eigenvalue weighted by molar-refractivity contribution is 1.66. The summed E-state index contributed by atoms with van der Waals surface area (Å²) < 4.78 is 0.605. The predicted molar refractivity (Wildman–Crippen MR) is 57.1 cm³/mol. The molecule has 0 aliphatic rings. The smallest absolute Gasteiger partial charge is 0.0675 e. The first-order chi connectivity index (χ1) is 5.29. The standard InChI is InChI=1S/C9H8S2/c10-9(11)7-6-8-4-2-1-3-5-8/h1-7H,(H,10,11). The van der Waals surface area contributed by atoms with Crippen LogP contribution in [0.15, 0.2) is 36.4 Å². The Kier molecular flexibility index (Phi) is 3.33. The molecule has 2 heteroatoms. The number of rotatable bonds is 2. The monoisotopic (exact) mass is 180 g/mol. The highest BCUT2D eigenvalue weighted by atomic mass is 32.1. The maximum atomic E-state index is 4.77. The first-order valence-electron chi connectivity index (χ1n) is 3.25. The molecule has 0 heterocycles. The van der Waals surface area contributed by atoms with Crippen molar-refractivity contribution in [3.05, 3.63) is 42.0 Å². The second-order valence-corrected chi connectivity index (χ2v) is 3.31. The van der Waals surface area contributed by atoms with Crippen LogP contribution in [0.2, 0.25) is 0 Å². The quantitative estimate of drug-likeness (QED) is 0.415. The molecule has 0 atom stereocenters. The molecule has 0 N–H and O–H groups in total. The Morgan fingerprint density at radius 2 is 1.91 bits per heavy atom. The van der Waals surface area contributed by atoms with Crippen LogP contribution in [0.1, 0.15) is 5.56 Å². The first kappa shape index (κ1) is 8.50. The van der Waals surface area contributed by atoms with E-state index in [9.17, 15) is 0 Å². The molecule has 0 aliphatic heterocycles. The van der Waals surface area contributed by atoms with Gasteiger partial charge in [-0.1, -0.05) is 48.6 Å². The Hall–Kier alpha value is -0.600. The highest BCUT2D eigenvalue weighted by Crippen LogP contribution is 2.01. The molecule has 1 aromatic carbocycles. The minimum Gasteiger partial charge on any atom is -0.132 e. The van der Waals surface area contributed by atoms with Gasteiger partial charge in [-0.3, -0.25) is 0 Å². The summed E-state index contributed by atoms with van der Waals surface area (Å²) in [5.41, 5.74) is 1.14. The molecule has 0 fully saturated rings. The Bertz CT molecular complexity index is 262. The number of benzene rings is 1. The van der Waals surface area contributed by atoms with Crippen LogP contribution in [0.25, 0.3) is 6.08 Å². The molecule has 0 saturated carbocycles. The minimum absolute atomic E-state index is 0.605. The van der Waals surface area contributed by atoms with E-state index < -0.39 is 0 Å². The van der Waals surface area contributed by atoms with Gasteiger partial charge in [-0.15, -0.1) is 12.6 Å². The van der Waals surface area contributed by atoms with Crippen LogP contribution in [0.3, 0.4) is 0 Å². The van der Waals surface area contributed by atoms with Crippen molar-refractivity contribution in [2.24, 2.45) is 0 Å². The second-order valence-electron chi connectivity index (χ2n) is 2.08. The summed E-state index contributed by atoms with van der Waals surface area (Å²) in [5.74, 6) is 0. The van der Waals surface area contributed by atoms with Gasteiger partial charge in [0, 0.05) is 0 Å². The fraction of sp³-hybridized carbons (Fsp3) is 0. The van der Waals surface area contributed by atoms with Gasteiger partial charge in [0.1, 0.15) is 0 Å². The number of thiocarbonyl (C=S) groups is 1. The van der Waals surface area contributed by atoms with E-state index in [2.05, 4.69) is 12.6 Å². The van der Waals surface area contributed by atoms with E-state index in [1.807, 2.05) is 36.4 Å². The van der Waals surface area contributed by atoms with Gasteiger partial charge >= 0.3 is 0 Å². The summed E-state index contributed by atoms with van der Waals surface area (Å²) in [6, 6.07) is 9.99. The van der Waals surface area contributed by atoms with E-state index in [1.54, 1.807) is 6.08 Å². The molecule has 1 rings (SSSR count). The zero-order valence-electron chi connectivity index (χ0n) is 5.90. The van der Waals surface area contributed by atoms with E-state index in [0.29, 0.717) is 4.20 Å². The Morgan fingerprint density at radius 3 is 2.45 bits per heavy atom. The molecule has 0 bridgehead atoms. The van der Waals surface area contributed by atoms with Crippen LogP contribution >= 0.6 is 24.8 Å². The Balaban J connectivity index is 2.72. The second kappa shape index (κ2) is 4.31. The van der Waals surface area contributed by atoms with Crippen LogP contribution in [0, 0.1) is 0 Å². The van der Waals surface area contributed by atoms with Gasteiger partial charge in [-0.2, -0.15) is 0 Å². The first-order valence-corrected chi connectivity index (χ1v) is 4.10. The molecular formula is C9H8S2. The van der Waals surface area contributed by atoms with Crippen molar-refractivity contribution < 1.29 is 0 Å². The van der Waals surface area contributed by atoms with Gasteiger partial charge in [-0.05, 0) is 11.6 Å². The fourth-order valence-corrected chi connectivity index (χ4v) is 0.874. The lowest BCUT2D eigenvalue weighted by atomic mass is 10.2. The maximum absolute atomic E-state index is 4.77. The number of thiol groups is 1. The molecule has 56 valence electrons. The summed E-state index contributed by atoms with van der Waals surface area (Å²) in [6.45, 7) is 0. The molecule has 0 aliphatic carbocycles. The van der Waals surface area contributed by atoms with Crippen LogP contribution in [-0.4, -0.2) is 4.20 Å². The topological polar surface area (TPSA) is 0 Å². The maximum Gasteiger partial charge on any atom is 0.0675 e. The minimum atomic E-state index is 0.605. The highest BCUT2D eigenvalue weighted by molar-refractivity contribution is 8.11. The number of hydrogen-bond donors (Lipinski definition) is 1. The summed E-state index contributed by atoms with van der Waals surface area (Å²) in [7, 11) is 0. The molecule has 1 aromatic rings. The van der Waals surface area contributed by atoms with Gasteiger partial charge in [0.2, 0.25) is 0 Å². The van der Waals surface area contributed by atoms with Crippen LogP contribution < -0.4 is 0 Å². The fourth-order valence-electron chi connectivity index (χ4n) is 0.732. The third-order valence-electron chi connectivity index (χ3n) is 1.22. The zero-order valence-corrected chi connectivity index (χ0v) is 7.61. The van der Waals surface area contributed by atoms with Crippen molar-refractivity contribution in [1.29, 1.82) is 0 Å². The van der Waals surface area contributed by atoms with Crippen LogP contribution in [0.5, 0.6) is 0 Å². The largest absolute Gasteiger partial charge is 0.132 e. The van der Waals surface area contributed by atoms with E-state index in [-0.39, 0.29) is 0 Å². The van der Waals surface area contributed by atoms with Gasteiger partial charge in [0.15, 0.2) is 0 Å². The predicted octanol–water partition coefficient (Wildman–Crippen LogP) is 2.96. The summed E-state index contributed by atoms with van der Waals surface area (Å²) in [4.78, 5) is 0. The molecule has 0 radical (unpaired) electrons. The molecule has 11 heavy (non-hydrogen) atoms. The summed E-state index contributed by atoms with van der Waals surface area (Å²) in [6.07, 6.45) is 3.74. The Labute approximate surface area is 77.4 Å². The van der Waals surface area contributed by atoms with Crippen molar-refractivity contribution >= 4 is 35.1 Å². The molecule has 0 spiro atoms. The van der Waals surface area contributed by atoms with E-state index in [4.69, 9.17) is 12.2 Å². The van der Waals surface area contributed by atoms with Gasteiger partial charge < -0.3 is 0 Å². The number of hydrogen-bond acceptors (Lipinski definition) is 1. The van der Waals surface area contributed by atoms with Crippen molar-refractivity contribution in [2.45, 2.75) is 0 Å². The zero-order chi connectivity index (χ0) is 8.10. The van der Waals surface area contributed by atoms with Gasteiger partial charge in [0.05, 0.1) is 4.20 Å². The lowest BCUT2D eigenvalue weighted by Gasteiger charge is -1.88. The van der Waals surface area contributed by atoms with Crippen molar-refractivity contribution in [1.82, 2.24) is 0 Å². The summed E-state index contributed by atoms with van der Waals surface area (Å²) in [5, 5.41) is 0. The SMILES string of the molecule is S=C(S)C=Cc1ccccc1. The summed E-state index contributed by atoms with van der Waals surface area (Å²) >= 11 is 8.75. The van der Waals surface area contributed by atoms with Gasteiger partial charge in [-0.25, -0.2) is 0 Å². The van der Waals surface area contributed by atoms with Crippen LogP contribution in [-0.2, 0) is 0 Å². The molecule has 0 saturated heterocycles. The van der Waals surface area contributed by atoms with E-state index in [0.717, 1.165) is 5.56 Å². The van der Waals surface area contributed by atoms with E-state index in [1.165, 1.54) is 0 Å². The van der Waals surface area contributed by atoms with Crippen molar-refractivity contribution in [3.63, 3.8) is 0 Å². The normalized spacial score (nSPS) is 10.3. The van der Waals surface area contributed by atoms with Crippen LogP contribution in [0.4, 0.5) is 0 Å². The molecular weight excluding hydrogens is 172 g/mol. The average molecular weight is 180 g/mol. The lowest BCUT2D eigenvalue weighted by Crippen LogP contribution is -1.72. The third-order valence-corrected chi connectivity index (χ3v) is 1.50. The van der Waals surface area contributed by atoms with E-state index >= 15 is 0 Å². The Morgan fingerprint density at radius 1 is 1.27 bits per heavy atom. The van der Waals surface area contributed by atoms with Gasteiger partial charge in [0.25, 0.3) is 0 Å². The third kappa shape index (κ3) is 3.35. The average Bonchev–Trinajstić information content (AvgIpc) is 2.03. The molecule has 0 nitrogen and oxygen atoms in total. The van der Waals surface area contributed by atoms with Crippen molar-refractivity contribution in [3.8, 4) is 0 Å².